The van der Waals surface area contributed by atoms with Crippen LogP contribution in [0.25, 0.3) is 0 Å². The van der Waals surface area contributed by atoms with E-state index in [9.17, 15) is 22.9 Å². The van der Waals surface area contributed by atoms with Gasteiger partial charge in [0, 0.05) is 6.07 Å². The number of sulfonamides is 1. The number of nitrogens with one attached hydrogen (secondary N) is 1. The standard InChI is InChI=1S/C12H9FN2O4S/c13-11-8-9(15(16)17)6-7-12(11)14-20(18,19)10-4-2-1-3-5-10/h1-8,14H. The molecule has 1 N–H and O–H groups in total. The number of hydrogen-bond donors (Lipinski definition) is 1. The lowest BCUT2D eigenvalue weighted by Crippen LogP contribution is -2.13. The normalized spacial score (nSPS) is 11.1. The van der Waals surface area contributed by atoms with Gasteiger partial charge in [0.1, 0.15) is 0 Å². The molecule has 0 saturated heterocycles. The molecule has 0 aliphatic carbocycles. The van der Waals surface area contributed by atoms with Crippen molar-refractivity contribution < 1.29 is 17.7 Å². The Morgan fingerprint density at radius 2 is 1.75 bits per heavy atom. The Morgan fingerprint density at radius 3 is 2.30 bits per heavy atom. The maximum absolute atomic E-state index is 13.6. The lowest BCUT2D eigenvalue weighted by atomic mass is 10.3. The fourth-order valence-electron chi connectivity index (χ4n) is 1.50. The molecular weight excluding hydrogens is 287 g/mol. The van der Waals surface area contributed by atoms with Crippen LogP contribution in [0.1, 0.15) is 0 Å². The lowest BCUT2D eigenvalue weighted by molar-refractivity contribution is -0.385. The summed E-state index contributed by atoms with van der Waals surface area (Å²) in [4.78, 5) is 9.68. The molecule has 0 aliphatic heterocycles. The van der Waals surface area contributed by atoms with Crippen molar-refractivity contribution in [3.8, 4) is 0 Å². The Bertz CT molecular complexity index is 747. The third-order valence-electron chi connectivity index (χ3n) is 2.46. The van der Waals surface area contributed by atoms with Gasteiger partial charge in [-0.25, -0.2) is 12.8 Å². The van der Waals surface area contributed by atoms with Crippen molar-refractivity contribution in [1.29, 1.82) is 0 Å². The summed E-state index contributed by atoms with van der Waals surface area (Å²) in [5.74, 6) is -1.02. The first-order chi connectivity index (χ1) is 9.40. The first-order valence-electron chi connectivity index (χ1n) is 5.42. The third kappa shape index (κ3) is 2.91. The van der Waals surface area contributed by atoms with Crippen molar-refractivity contribution in [2.75, 3.05) is 4.72 Å². The van der Waals surface area contributed by atoms with Crippen LogP contribution in [0.5, 0.6) is 0 Å². The molecule has 0 spiro atoms. The summed E-state index contributed by atoms with van der Waals surface area (Å²) >= 11 is 0. The Hall–Kier alpha value is -2.48. The molecule has 2 aromatic rings. The van der Waals surface area contributed by atoms with E-state index < -0.39 is 26.5 Å². The van der Waals surface area contributed by atoms with Gasteiger partial charge in [-0.05, 0) is 18.2 Å². The summed E-state index contributed by atoms with van der Waals surface area (Å²) in [6, 6.07) is 10.1. The second-order valence-corrected chi connectivity index (χ2v) is 5.52. The SMILES string of the molecule is O=[N+]([O-])c1ccc(NS(=O)(=O)c2ccccc2)c(F)c1. The summed E-state index contributed by atoms with van der Waals surface area (Å²) in [5, 5.41) is 10.5. The largest absolute Gasteiger partial charge is 0.277 e. The zero-order valence-corrected chi connectivity index (χ0v) is 10.8. The van der Waals surface area contributed by atoms with Gasteiger partial charge in [0.25, 0.3) is 15.7 Å². The minimum Gasteiger partial charge on any atom is -0.277 e. The molecule has 0 aromatic heterocycles. The van der Waals surface area contributed by atoms with E-state index in [0.717, 1.165) is 12.1 Å². The fraction of sp³-hybridized carbons (Fsp3) is 0. The second-order valence-electron chi connectivity index (χ2n) is 3.84. The monoisotopic (exact) mass is 296 g/mol. The van der Waals surface area contributed by atoms with E-state index in [4.69, 9.17) is 0 Å². The predicted octanol–water partition coefficient (Wildman–Crippen LogP) is 2.53. The molecule has 0 radical (unpaired) electrons. The summed E-state index contributed by atoms with van der Waals surface area (Å²) in [6.45, 7) is 0. The highest BCUT2D eigenvalue weighted by Gasteiger charge is 2.17. The van der Waals surface area contributed by atoms with E-state index in [1.807, 2.05) is 4.72 Å². The quantitative estimate of drug-likeness (QED) is 0.693. The molecule has 0 saturated carbocycles. The number of nitro groups is 1. The van der Waals surface area contributed by atoms with E-state index in [1.54, 1.807) is 6.07 Å². The Kier molecular flexibility index (Phi) is 3.66. The highest BCUT2D eigenvalue weighted by molar-refractivity contribution is 7.92. The maximum Gasteiger partial charge on any atom is 0.272 e. The Balaban J connectivity index is 2.33. The molecule has 0 bridgehead atoms. The number of rotatable bonds is 4. The van der Waals surface area contributed by atoms with E-state index in [-0.39, 0.29) is 10.6 Å². The fourth-order valence-corrected chi connectivity index (χ4v) is 2.59. The van der Waals surface area contributed by atoms with Crippen LogP contribution >= 0.6 is 0 Å². The van der Waals surface area contributed by atoms with Crippen molar-refractivity contribution in [3.63, 3.8) is 0 Å². The maximum atomic E-state index is 13.6. The molecule has 0 atom stereocenters. The molecule has 20 heavy (non-hydrogen) atoms. The number of non-ortho nitro benzene ring substituents is 1. The van der Waals surface area contributed by atoms with Crippen LogP contribution in [0.4, 0.5) is 15.8 Å². The summed E-state index contributed by atoms with van der Waals surface area (Å²) < 4.78 is 39.6. The molecule has 6 nitrogen and oxygen atoms in total. The van der Waals surface area contributed by atoms with Crippen molar-refractivity contribution in [3.05, 3.63) is 64.5 Å². The molecule has 0 aliphatic rings. The number of hydrogen-bond acceptors (Lipinski definition) is 4. The van der Waals surface area contributed by atoms with Gasteiger partial charge in [-0.3, -0.25) is 14.8 Å². The first-order valence-corrected chi connectivity index (χ1v) is 6.90. The third-order valence-corrected chi connectivity index (χ3v) is 3.84. The average molecular weight is 296 g/mol. The van der Waals surface area contributed by atoms with Crippen LogP contribution in [0.2, 0.25) is 0 Å². The molecule has 0 fully saturated rings. The van der Waals surface area contributed by atoms with Gasteiger partial charge in [0.2, 0.25) is 0 Å². The highest BCUT2D eigenvalue weighted by Crippen LogP contribution is 2.23. The van der Waals surface area contributed by atoms with Crippen LogP contribution < -0.4 is 4.72 Å². The summed E-state index contributed by atoms with van der Waals surface area (Å²) in [5.41, 5.74) is -0.801. The number of anilines is 1. The molecular formula is C12H9FN2O4S. The molecule has 2 aromatic carbocycles. The van der Waals surface area contributed by atoms with Crippen LogP contribution in [-0.2, 0) is 10.0 Å². The molecule has 2 rings (SSSR count). The van der Waals surface area contributed by atoms with Gasteiger partial charge in [0.15, 0.2) is 5.82 Å². The molecule has 0 heterocycles. The molecule has 0 unspecified atom stereocenters. The van der Waals surface area contributed by atoms with Crippen molar-refractivity contribution in [1.82, 2.24) is 0 Å². The van der Waals surface area contributed by atoms with Crippen LogP contribution in [-0.4, -0.2) is 13.3 Å². The van der Waals surface area contributed by atoms with E-state index in [0.29, 0.717) is 6.07 Å². The van der Waals surface area contributed by atoms with Gasteiger partial charge < -0.3 is 0 Å². The van der Waals surface area contributed by atoms with E-state index in [1.165, 1.54) is 24.3 Å². The van der Waals surface area contributed by atoms with Crippen molar-refractivity contribution >= 4 is 21.4 Å². The Labute approximate surface area is 114 Å². The Morgan fingerprint density at radius 1 is 1.10 bits per heavy atom. The van der Waals surface area contributed by atoms with Crippen molar-refractivity contribution in [2.45, 2.75) is 4.90 Å². The molecule has 0 amide bonds. The zero-order valence-electron chi connectivity index (χ0n) is 9.99. The van der Waals surface area contributed by atoms with Crippen molar-refractivity contribution in [2.24, 2.45) is 0 Å². The van der Waals surface area contributed by atoms with E-state index in [2.05, 4.69) is 0 Å². The minimum absolute atomic E-state index is 0.0299. The van der Waals surface area contributed by atoms with Gasteiger partial charge >= 0.3 is 0 Å². The zero-order chi connectivity index (χ0) is 14.8. The van der Waals surface area contributed by atoms with Gasteiger partial charge in [-0.15, -0.1) is 0 Å². The van der Waals surface area contributed by atoms with Gasteiger partial charge in [-0.1, -0.05) is 18.2 Å². The first kappa shape index (κ1) is 13.9. The number of benzene rings is 2. The average Bonchev–Trinajstić information content (AvgIpc) is 2.41. The van der Waals surface area contributed by atoms with Crippen LogP contribution in [0.3, 0.4) is 0 Å². The van der Waals surface area contributed by atoms with Crippen LogP contribution in [0.15, 0.2) is 53.4 Å². The number of halogens is 1. The van der Waals surface area contributed by atoms with Crippen LogP contribution in [0, 0.1) is 15.9 Å². The highest BCUT2D eigenvalue weighted by atomic mass is 32.2. The van der Waals surface area contributed by atoms with Gasteiger partial charge in [-0.2, -0.15) is 0 Å². The van der Waals surface area contributed by atoms with E-state index >= 15 is 0 Å². The smallest absolute Gasteiger partial charge is 0.272 e. The lowest BCUT2D eigenvalue weighted by Gasteiger charge is -2.08. The summed E-state index contributed by atoms with van der Waals surface area (Å²) in [6.07, 6.45) is 0. The minimum atomic E-state index is -3.93. The number of nitrogens with zero attached hydrogens (tertiary/aromatic N) is 1. The predicted molar refractivity (Wildman–Crippen MR) is 70.3 cm³/mol. The molecule has 8 heteroatoms. The van der Waals surface area contributed by atoms with Gasteiger partial charge in [0.05, 0.1) is 21.6 Å². The topological polar surface area (TPSA) is 89.3 Å². The number of nitro benzene ring substituents is 1. The molecule has 104 valence electrons. The second kappa shape index (κ2) is 5.25. The summed E-state index contributed by atoms with van der Waals surface area (Å²) in [7, 11) is -3.93.